The highest BCUT2D eigenvalue weighted by atomic mass is 16.5. The maximum absolute atomic E-state index is 11.6. The monoisotopic (exact) mass is 291 g/mol. The third-order valence-electron chi connectivity index (χ3n) is 3.12. The van der Waals surface area contributed by atoms with Gasteiger partial charge in [0.25, 0.3) is 0 Å². The fourth-order valence-electron chi connectivity index (χ4n) is 2.05. The summed E-state index contributed by atoms with van der Waals surface area (Å²) in [4.78, 5) is 22.8. The van der Waals surface area contributed by atoms with Crippen molar-refractivity contribution in [2.24, 2.45) is 0 Å². The Kier molecular flexibility index (Phi) is 4.59. The minimum absolute atomic E-state index is 0.111. The molecule has 0 aliphatic rings. The number of carboxylic acids is 1. The van der Waals surface area contributed by atoms with E-state index in [0.717, 1.165) is 5.39 Å². The third-order valence-corrected chi connectivity index (χ3v) is 3.12. The summed E-state index contributed by atoms with van der Waals surface area (Å²) in [5.74, 6) is -1.62. The standard InChI is InChI=1S/C15H17NO5/c1-3-20-15(19)9(2)16-8-11-10-6-4-5-7-12(10)21-13(11)14(17)18/h4-7,9,16H,3,8H2,1-2H3,(H,17,18). The summed E-state index contributed by atoms with van der Waals surface area (Å²) in [7, 11) is 0. The molecule has 0 saturated heterocycles. The van der Waals surface area contributed by atoms with Crippen LogP contribution in [0.2, 0.25) is 0 Å². The van der Waals surface area contributed by atoms with Crippen molar-refractivity contribution in [3.05, 3.63) is 35.6 Å². The molecule has 2 N–H and O–H groups in total. The number of esters is 1. The predicted molar refractivity (Wildman–Crippen MR) is 76.1 cm³/mol. The molecule has 112 valence electrons. The molecule has 1 heterocycles. The average Bonchev–Trinajstić information content (AvgIpc) is 2.84. The van der Waals surface area contributed by atoms with Crippen LogP contribution >= 0.6 is 0 Å². The van der Waals surface area contributed by atoms with Gasteiger partial charge in [0.2, 0.25) is 5.76 Å². The quantitative estimate of drug-likeness (QED) is 0.793. The Hall–Kier alpha value is -2.34. The second-order valence-electron chi connectivity index (χ2n) is 4.57. The molecule has 6 nitrogen and oxygen atoms in total. The Morgan fingerprint density at radius 3 is 2.76 bits per heavy atom. The zero-order valence-corrected chi connectivity index (χ0v) is 11.9. The van der Waals surface area contributed by atoms with Crippen LogP contribution in [0.5, 0.6) is 0 Å². The van der Waals surface area contributed by atoms with E-state index in [-0.39, 0.29) is 18.3 Å². The van der Waals surface area contributed by atoms with Crippen molar-refractivity contribution in [3.63, 3.8) is 0 Å². The van der Waals surface area contributed by atoms with Gasteiger partial charge in [-0.3, -0.25) is 4.79 Å². The van der Waals surface area contributed by atoms with Crippen molar-refractivity contribution in [2.75, 3.05) is 6.61 Å². The highest BCUT2D eigenvalue weighted by Gasteiger charge is 2.21. The number of benzene rings is 1. The number of aromatic carboxylic acids is 1. The molecule has 1 atom stereocenters. The fraction of sp³-hybridized carbons (Fsp3) is 0.333. The number of fused-ring (bicyclic) bond motifs is 1. The van der Waals surface area contributed by atoms with Gasteiger partial charge in [-0.2, -0.15) is 0 Å². The fourth-order valence-corrected chi connectivity index (χ4v) is 2.05. The molecule has 0 radical (unpaired) electrons. The molecule has 2 aromatic rings. The second-order valence-corrected chi connectivity index (χ2v) is 4.57. The van der Waals surface area contributed by atoms with Gasteiger partial charge in [0.1, 0.15) is 11.6 Å². The molecule has 1 aromatic heterocycles. The maximum atomic E-state index is 11.6. The first-order valence-electron chi connectivity index (χ1n) is 6.68. The lowest BCUT2D eigenvalue weighted by Crippen LogP contribution is -2.35. The van der Waals surface area contributed by atoms with Crippen molar-refractivity contribution < 1.29 is 23.8 Å². The molecule has 0 aliphatic heterocycles. The summed E-state index contributed by atoms with van der Waals surface area (Å²) in [5.41, 5.74) is 1.03. The number of carboxylic acid groups (broad SMARTS) is 1. The Labute approximate surface area is 121 Å². The molecule has 0 saturated carbocycles. The normalized spacial score (nSPS) is 12.3. The molecule has 2 rings (SSSR count). The number of hydrogen-bond donors (Lipinski definition) is 2. The summed E-state index contributed by atoms with van der Waals surface area (Å²) >= 11 is 0. The van der Waals surface area contributed by atoms with Crippen molar-refractivity contribution in [1.29, 1.82) is 0 Å². The number of para-hydroxylation sites is 1. The topological polar surface area (TPSA) is 88.8 Å². The van der Waals surface area contributed by atoms with Gasteiger partial charge in [-0.25, -0.2) is 4.79 Å². The maximum Gasteiger partial charge on any atom is 0.372 e. The molecule has 1 unspecified atom stereocenters. The molecule has 0 bridgehead atoms. The molecular formula is C15H17NO5. The Morgan fingerprint density at radius 1 is 1.38 bits per heavy atom. The van der Waals surface area contributed by atoms with Crippen molar-refractivity contribution in [3.8, 4) is 0 Å². The van der Waals surface area contributed by atoms with E-state index < -0.39 is 12.0 Å². The highest BCUT2D eigenvalue weighted by Crippen LogP contribution is 2.25. The average molecular weight is 291 g/mol. The lowest BCUT2D eigenvalue weighted by Gasteiger charge is -2.12. The first kappa shape index (κ1) is 15.1. The van der Waals surface area contributed by atoms with Gasteiger partial charge in [-0.05, 0) is 19.9 Å². The lowest BCUT2D eigenvalue weighted by molar-refractivity contribution is -0.145. The zero-order chi connectivity index (χ0) is 15.4. The van der Waals surface area contributed by atoms with E-state index in [1.165, 1.54) is 0 Å². The van der Waals surface area contributed by atoms with E-state index in [9.17, 15) is 14.7 Å². The number of hydrogen-bond acceptors (Lipinski definition) is 5. The van der Waals surface area contributed by atoms with Gasteiger partial charge >= 0.3 is 11.9 Å². The van der Waals surface area contributed by atoms with Gasteiger partial charge in [0.15, 0.2) is 0 Å². The summed E-state index contributed by atoms with van der Waals surface area (Å²) in [6, 6.07) is 6.55. The van der Waals surface area contributed by atoms with Crippen LogP contribution in [0.3, 0.4) is 0 Å². The first-order chi connectivity index (χ1) is 10.0. The van der Waals surface area contributed by atoms with Gasteiger partial charge in [-0.1, -0.05) is 18.2 Å². The predicted octanol–water partition coefficient (Wildman–Crippen LogP) is 2.17. The van der Waals surface area contributed by atoms with Crippen molar-refractivity contribution >= 4 is 22.9 Å². The zero-order valence-electron chi connectivity index (χ0n) is 11.9. The van der Waals surface area contributed by atoms with Crippen LogP contribution in [0.25, 0.3) is 11.0 Å². The van der Waals surface area contributed by atoms with Crippen LogP contribution in [0.15, 0.2) is 28.7 Å². The van der Waals surface area contributed by atoms with Crippen LogP contribution in [-0.4, -0.2) is 29.7 Å². The van der Waals surface area contributed by atoms with Crippen LogP contribution in [0.4, 0.5) is 0 Å². The summed E-state index contributed by atoms with van der Waals surface area (Å²) < 4.78 is 10.2. The Bertz CT molecular complexity index is 661. The molecule has 6 heteroatoms. The summed E-state index contributed by atoms with van der Waals surface area (Å²) in [6.07, 6.45) is 0. The van der Waals surface area contributed by atoms with Crippen LogP contribution in [0, 0.1) is 0 Å². The summed E-state index contributed by atoms with van der Waals surface area (Å²) in [6.45, 7) is 3.91. The van der Waals surface area contributed by atoms with E-state index in [1.807, 2.05) is 6.07 Å². The Morgan fingerprint density at radius 2 is 2.10 bits per heavy atom. The number of carbonyl (C=O) groups is 2. The number of ether oxygens (including phenoxy) is 1. The highest BCUT2D eigenvalue weighted by molar-refractivity contribution is 5.95. The van der Waals surface area contributed by atoms with E-state index in [2.05, 4.69) is 5.32 Å². The van der Waals surface area contributed by atoms with Crippen LogP contribution in [-0.2, 0) is 16.1 Å². The molecule has 0 spiro atoms. The second kappa shape index (κ2) is 6.41. The number of carbonyl (C=O) groups excluding carboxylic acids is 1. The minimum Gasteiger partial charge on any atom is -0.475 e. The molecule has 0 amide bonds. The molecule has 1 aromatic carbocycles. The molecular weight excluding hydrogens is 274 g/mol. The van der Waals surface area contributed by atoms with Crippen LogP contribution in [0.1, 0.15) is 30.0 Å². The summed E-state index contributed by atoms with van der Waals surface area (Å²) in [5, 5.41) is 12.9. The number of nitrogens with one attached hydrogen (secondary N) is 1. The largest absolute Gasteiger partial charge is 0.475 e. The number of furan rings is 1. The third kappa shape index (κ3) is 3.22. The molecule has 0 fully saturated rings. The van der Waals surface area contributed by atoms with Crippen LogP contribution < -0.4 is 5.32 Å². The van der Waals surface area contributed by atoms with E-state index in [0.29, 0.717) is 17.8 Å². The first-order valence-corrected chi connectivity index (χ1v) is 6.68. The van der Waals surface area contributed by atoms with E-state index in [4.69, 9.17) is 9.15 Å². The van der Waals surface area contributed by atoms with Gasteiger partial charge in [0, 0.05) is 17.5 Å². The molecule has 0 aliphatic carbocycles. The van der Waals surface area contributed by atoms with Crippen molar-refractivity contribution in [2.45, 2.75) is 26.4 Å². The molecule has 21 heavy (non-hydrogen) atoms. The van der Waals surface area contributed by atoms with E-state index in [1.54, 1.807) is 32.0 Å². The Balaban J connectivity index is 2.23. The number of rotatable bonds is 6. The SMILES string of the molecule is CCOC(=O)C(C)NCc1c(C(=O)O)oc2ccccc12. The minimum atomic E-state index is -1.13. The van der Waals surface area contributed by atoms with Gasteiger partial charge in [-0.15, -0.1) is 0 Å². The van der Waals surface area contributed by atoms with Gasteiger partial charge in [0.05, 0.1) is 6.61 Å². The lowest BCUT2D eigenvalue weighted by atomic mass is 10.1. The van der Waals surface area contributed by atoms with Crippen molar-refractivity contribution in [1.82, 2.24) is 5.32 Å². The smallest absolute Gasteiger partial charge is 0.372 e. The van der Waals surface area contributed by atoms with E-state index >= 15 is 0 Å². The van der Waals surface area contributed by atoms with Gasteiger partial charge < -0.3 is 19.6 Å².